The van der Waals surface area contributed by atoms with E-state index in [9.17, 15) is 19.8 Å². The summed E-state index contributed by atoms with van der Waals surface area (Å²) in [6.07, 6.45) is -1.15. The number of nitrogens with one attached hydrogen (secondary N) is 1. The van der Waals surface area contributed by atoms with Crippen molar-refractivity contribution in [1.29, 1.82) is 0 Å². The van der Waals surface area contributed by atoms with Crippen LogP contribution in [0.3, 0.4) is 0 Å². The van der Waals surface area contributed by atoms with Gasteiger partial charge in [-0.2, -0.15) is 0 Å². The summed E-state index contributed by atoms with van der Waals surface area (Å²) in [6.45, 7) is 2.74. The monoisotopic (exact) mass is 499 g/mol. The van der Waals surface area contributed by atoms with E-state index in [1.54, 1.807) is 42.5 Å². The van der Waals surface area contributed by atoms with E-state index in [-0.39, 0.29) is 11.9 Å². The van der Waals surface area contributed by atoms with Crippen LogP contribution in [0.2, 0.25) is 0 Å². The van der Waals surface area contributed by atoms with E-state index in [4.69, 9.17) is 4.74 Å². The van der Waals surface area contributed by atoms with Crippen molar-refractivity contribution in [2.24, 2.45) is 0 Å². The van der Waals surface area contributed by atoms with Crippen LogP contribution >= 0.6 is 0 Å². The number of aromatic amines is 1. The van der Waals surface area contributed by atoms with Gasteiger partial charge in [-0.1, -0.05) is 30.3 Å². The van der Waals surface area contributed by atoms with Crippen molar-refractivity contribution < 1.29 is 24.5 Å². The fourth-order valence-corrected chi connectivity index (χ4v) is 5.06. The number of nitrogens with zero attached hydrogens (tertiary/aromatic N) is 4. The van der Waals surface area contributed by atoms with E-state index < -0.39 is 11.8 Å². The fraction of sp³-hybridized carbons (Fsp3) is 0.222. The first kappa shape index (κ1) is 23.0. The Kier molecular flexibility index (Phi) is 5.36. The number of rotatable bonds is 4. The van der Waals surface area contributed by atoms with Crippen LogP contribution in [0.15, 0.2) is 66.7 Å². The van der Waals surface area contributed by atoms with E-state index in [2.05, 4.69) is 14.9 Å². The summed E-state index contributed by atoms with van der Waals surface area (Å²) in [5, 5.41) is 21.7. The van der Waals surface area contributed by atoms with Crippen LogP contribution in [-0.4, -0.2) is 65.5 Å². The maximum absolute atomic E-state index is 13.7. The zero-order chi connectivity index (χ0) is 25.7. The Morgan fingerprint density at radius 1 is 1.05 bits per heavy atom. The number of fused-ring (bicyclic) bond motifs is 2. The highest BCUT2D eigenvalue weighted by Gasteiger charge is 2.50. The summed E-state index contributed by atoms with van der Waals surface area (Å²) in [4.78, 5) is 37.1. The topological polar surface area (TPSA) is 122 Å². The van der Waals surface area contributed by atoms with Gasteiger partial charge in [0.25, 0.3) is 5.91 Å². The second kappa shape index (κ2) is 8.61. The van der Waals surface area contributed by atoms with Gasteiger partial charge in [0.1, 0.15) is 0 Å². The number of carboxylic acid groups (broad SMARTS) is 1. The van der Waals surface area contributed by atoms with Crippen molar-refractivity contribution in [2.45, 2.75) is 5.72 Å². The largest absolute Gasteiger partial charge is 0.465 e. The minimum Gasteiger partial charge on any atom is -0.465 e. The molecule has 0 saturated carbocycles. The number of aromatic nitrogens is 2. The van der Waals surface area contributed by atoms with Gasteiger partial charge in [-0.15, -0.1) is 0 Å². The molecule has 1 saturated heterocycles. The van der Waals surface area contributed by atoms with Crippen LogP contribution in [0, 0.1) is 0 Å². The summed E-state index contributed by atoms with van der Waals surface area (Å²) in [7, 11) is 1.39. The number of benzene rings is 3. The molecular formula is C27H25N5O5. The number of morpholine rings is 1. The predicted molar refractivity (Wildman–Crippen MR) is 138 cm³/mol. The molecule has 6 rings (SSSR count). The molecule has 1 unspecified atom stereocenters. The summed E-state index contributed by atoms with van der Waals surface area (Å²) in [6, 6.07) is 19.7. The Balaban J connectivity index is 1.49. The van der Waals surface area contributed by atoms with Crippen LogP contribution in [-0.2, 0) is 10.5 Å². The molecule has 37 heavy (non-hydrogen) atoms. The third-order valence-electron chi connectivity index (χ3n) is 7.00. The van der Waals surface area contributed by atoms with Gasteiger partial charge in [0.15, 0.2) is 5.72 Å². The van der Waals surface area contributed by atoms with Gasteiger partial charge in [0, 0.05) is 48.2 Å². The molecule has 3 heterocycles. The van der Waals surface area contributed by atoms with Gasteiger partial charge in [-0.05, 0) is 36.4 Å². The van der Waals surface area contributed by atoms with Crippen molar-refractivity contribution in [1.82, 2.24) is 9.97 Å². The summed E-state index contributed by atoms with van der Waals surface area (Å²) >= 11 is 0. The van der Waals surface area contributed by atoms with Crippen LogP contribution in [0.4, 0.5) is 22.1 Å². The average Bonchev–Trinajstić information content (AvgIpc) is 3.46. The maximum atomic E-state index is 13.7. The number of amides is 2. The highest BCUT2D eigenvalue weighted by atomic mass is 16.5. The average molecular weight is 500 g/mol. The molecule has 1 fully saturated rings. The van der Waals surface area contributed by atoms with Gasteiger partial charge >= 0.3 is 6.09 Å². The van der Waals surface area contributed by atoms with Crippen molar-refractivity contribution in [3.05, 3.63) is 83.4 Å². The maximum Gasteiger partial charge on any atom is 0.413 e. The molecule has 2 amide bonds. The van der Waals surface area contributed by atoms with Crippen LogP contribution in [0.1, 0.15) is 21.5 Å². The van der Waals surface area contributed by atoms with Crippen molar-refractivity contribution in [3.63, 3.8) is 0 Å². The Hall–Kier alpha value is -4.41. The standard InChI is InChI=1S/C27H25N5O5/c1-30(26(34)35)25-28-22-10-9-17(15-23(22)29-25)27(36)21-8-3-2-7-20(21)24(33)32(27)19-6-4-5-18(16-19)31-11-13-37-14-12-31/h2-10,15-16,36H,11-14H2,1H3,(H,28,29)(H,34,35). The van der Waals surface area contributed by atoms with Gasteiger partial charge in [0.2, 0.25) is 5.95 Å². The predicted octanol–water partition coefficient (Wildman–Crippen LogP) is 3.37. The third-order valence-corrected chi connectivity index (χ3v) is 7.00. The lowest BCUT2D eigenvalue weighted by Gasteiger charge is -2.36. The summed E-state index contributed by atoms with van der Waals surface area (Å²) in [5.41, 5.74) is 2.11. The van der Waals surface area contributed by atoms with Crippen LogP contribution in [0.5, 0.6) is 0 Å². The summed E-state index contributed by atoms with van der Waals surface area (Å²) in [5.74, 6) is -0.155. The smallest absolute Gasteiger partial charge is 0.413 e. The fourth-order valence-electron chi connectivity index (χ4n) is 5.06. The lowest BCUT2D eigenvalue weighted by atomic mass is 9.93. The minimum atomic E-state index is -1.80. The second-order valence-electron chi connectivity index (χ2n) is 9.11. The van der Waals surface area contributed by atoms with Gasteiger partial charge in [-0.3, -0.25) is 14.6 Å². The van der Waals surface area contributed by atoms with E-state index in [0.29, 0.717) is 46.6 Å². The quantitative estimate of drug-likeness (QED) is 0.394. The number of H-pyrrole nitrogens is 1. The minimum absolute atomic E-state index is 0.157. The zero-order valence-electron chi connectivity index (χ0n) is 20.1. The first-order chi connectivity index (χ1) is 17.9. The molecule has 0 bridgehead atoms. The summed E-state index contributed by atoms with van der Waals surface area (Å²) < 4.78 is 5.48. The van der Waals surface area contributed by atoms with E-state index >= 15 is 0 Å². The SMILES string of the molecule is CN(C(=O)O)c1nc2ccc(C3(O)c4ccccc4C(=O)N3c3cccc(N4CCOCC4)c3)cc2[nH]1. The number of anilines is 3. The lowest BCUT2D eigenvalue weighted by Crippen LogP contribution is -2.45. The molecule has 2 aliphatic rings. The number of hydrogen-bond acceptors (Lipinski definition) is 6. The zero-order valence-corrected chi connectivity index (χ0v) is 20.1. The van der Waals surface area contributed by atoms with E-state index in [0.717, 1.165) is 23.7 Å². The molecule has 1 atom stereocenters. The molecule has 0 aliphatic carbocycles. The molecule has 188 valence electrons. The Morgan fingerprint density at radius 2 is 1.81 bits per heavy atom. The first-order valence-electron chi connectivity index (χ1n) is 11.9. The Morgan fingerprint density at radius 3 is 2.59 bits per heavy atom. The molecule has 0 spiro atoms. The normalized spacial score (nSPS) is 19.4. The Bertz CT molecular complexity index is 1530. The molecule has 2 aliphatic heterocycles. The molecule has 0 radical (unpaired) electrons. The van der Waals surface area contributed by atoms with Crippen molar-refractivity contribution in [3.8, 4) is 0 Å². The molecular weight excluding hydrogens is 474 g/mol. The third kappa shape index (κ3) is 3.61. The Labute approximate surface area is 212 Å². The number of imidazole rings is 1. The van der Waals surface area contributed by atoms with Crippen LogP contribution in [0.25, 0.3) is 11.0 Å². The lowest BCUT2D eigenvalue weighted by molar-refractivity contribution is 0.0704. The van der Waals surface area contributed by atoms with E-state index in [1.165, 1.54) is 11.9 Å². The highest BCUT2D eigenvalue weighted by Crippen LogP contribution is 2.46. The number of carbonyl (C=O) groups excluding carboxylic acids is 1. The first-order valence-corrected chi connectivity index (χ1v) is 11.9. The number of ether oxygens (including phenoxy) is 1. The number of carbonyl (C=O) groups is 2. The van der Waals surface area contributed by atoms with Crippen molar-refractivity contribution >= 4 is 40.4 Å². The number of aliphatic hydroxyl groups is 1. The highest BCUT2D eigenvalue weighted by molar-refractivity contribution is 6.12. The second-order valence-corrected chi connectivity index (χ2v) is 9.11. The molecule has 10 nitrogen and oxygen atoms in total. The van der Waals surface area contributed by atoms with Crippen LogP contribution < -0.4 is 14.7 Å². The molecule has 10 heteroatoms. The molecule has 1 aromatic heterocycles. The van der Waals surface area contributed by atoms with Crippen molar-refractivity contribution in [2.75, 3.05) is 48.1 Å². The van der Waals surface area contributed by atoms with E-state index in [1.807, 2.05) is 24.3 Å². The molecule has 3 N–H and O–H groups in total. The van der Waals surface area contributed by atoms with Gasteiger partial charge in [-0.25, -0.2) is 9.78 Å². The number of hydrogen-bond donors (Lipinski definition) is 3. The van der Waals surface area contributed by atoms with Gasteiger partial charge in [0.05, 0.1) is 24.2 Å². The van der Waals surface area contributed by atoms with Gasteiger partial charge < -0.3 is 24.8 Å². The molecule has 3 aromatic carbocycles. The molecule has 4 aromatic rings.